The Morgan fingerprint density at radius 1 is 1.44 bits per heavy atom. The van der Waals surface area contributed by atoms with Crippen LogP contribution in [0, 0.1) is 5.92 Å². The highest BCUT2D eigenvalue weighted by Gasteiger charge is 2.07. The largest absolute Gasteiger partial charge is 0.495 e. The Morgan fingerprint density at radius 2 is 2.17 bits per heavy atom. The van der Waals surface area contributed by atoms with Crippen LogP contribution in [0.3, 0.4) is 0 Å². The summed E-state index contributed by atoms with van der Waals surface area (Å²) in [4.78, 5) is 11.5. The first-order chi connectivity index (χ1) is 8.54. The molecule has 0 saturated heterocycles. The van der Waals surface area contributed by atoms with Gasteiger partial charge in [0.25, 0.3) is 0 Å². The number of nitrogen functional groups attached to an aromatic ring is 1. The summed E-state index contributed by atoms with van der Waals surface area (Å²) in [6, 6.07) is 5.41. The minimum atomic E-state index is -0.0501. The van der Waals surface area contributed by atoms with E-state index in [-0.39, 0.29) is 12.5 Å². The molecule has 0 unspecified atom stereocenters. The van der Waals surface area contributed by atoms with E-state index in [4.69, 9.17) is 10.5 Å². The van der Waals surface area contributed by atoms with Crippen LogP contribution in [0.2, 0.25) is 0 Å². The van der Waals surface area contributed by atoms with E-state index >= 15 is 0 Å². The van der Waals surface area contributed by atoms with Gasteiger partial charge in [0.15, 0.2) is 0 Å². The van der Waals surface area contributed by atoms with Gasteiger partial charge in [0.2, 0.25) is 5.91 Å². The molecule has 5 nitrogen and oxygen atoms in total. The lowest BCUT2D eigenvalue weighted by Crippen LogP contribution is -2.32. The number of anilines is 2. The molecule has 0 atom stereocenters. The molecule has 0 aliphatic carbocycles. The van der Waals surface area contributed by atoms with E-state index in [1.165, 1.54) is 0 Å². The van der Waals surface area contributed by atoms with Crippen LogP contribution in [0.25, 0.3) is 0 Å². The molecule has 0 saturated carbocycles. The van der Waals surface area contributed by atoms with Crippen molar-refractivity contribution in [3.63, 3.8) is 0 Å². The normalized spacial score (nSPS) is 10.2. The lowest BCUT2D eigenvalue weighted by Gasteiger charge is -2.12. The second-order valence-electron chi connectivity index (χ2n) is 4.47. The van der Waals surface area contributed by atoms with Crippen molar-refractivity contribution >= 4 is 17.3 Å². The van der Waals surface area contributed by atoms with E-state index < -0.39 is 0 Å². The molecule has 0 heterocycles. The van der Waals surface area contributed by atoms with Crippen LogP contribution < -0.4 is 21.1 Å². The Morgan fingerprint density at radius 3 is 2.78 bits per heavy atom. The topological polar surface area (TPSA) is 76.4 Å². The van der Waals surface area contributed by atoms with Crippen molar-refractivity contribution in [2.24, 2.45) is 5.92 Å². The van der Waals surface area contributed by atoms with Crippen molar-refractivity contribution in [3.05, 3.63) is 18.2 Å². The molecule has 5 heteroatoms. The summed E-state index contributed by atoms with van der Waals surface area (Å²) in [6.07, 6.45) is 0. The summed E-state index contributed by atoms with van der Waals surface area (Å²) in [5.41, 5.74) is 7.10. The zero-order valence-corrected chi connectivity index (χ0v) is 11.1. The second-order valence-corrected chi connectivity index (χ2v) is 4.47. The number of hydrogen-bond donors (Lipinski definition) is 3. The van der Waals surface area contributed by atoms with E-state index in [0.29, 0.717) is 29.6 Å². The van der Waals surface area contributed by atoms with Gasteiger partial charge in [0.05, 0.1) is 25.0 Å². The Labute approximate surface area is 108 Å². The molecular weight excluding hydrogens is 230 g/mol. The minimum absolute atomic E-state index is 0.0501. The van der Waals surface area contributed by atoms with E-state index in [0.717, 1.165) is 0 Å². The first-order valence-electron chi connectivity index (χ1n) is 5.97. The Balaban J connectivity index is 2.51. The molecule has 0 radical (unpaired) electrons. The van der Waals surface area contributed by atoms with Gasteiger partial charge in [-0.05, 0) is 18.1 Å². The van der Waals surface area contributed by atoms with Crippen LogP contribution >= 0.6 is 0 Å². The molecule has 0 aliphatic rings. The fraction of sp³-hybridized carbons (Fsp3) is 0.462. The fourth-order valence-corrected chi connectivity index (χ4v) is 1.43. The molecule has 1 aromatic rings. The molecular formula is C13H21N3O2. The molecule has 0 aromatic heterocycles. The molecule has 4 N–H and O–H groups in total. The van der Waals surface area contributed by atoms with Crippen LogP contribution in [0.15, 0.2) is 18.2 Å². The summed E-state index contributed by atoms with van der Waals surface area (Å²) in [6.45, 7) is 4.97. The summed E-state index contributed by atoms with van der Waals surface area (Å²) in [5.74, 6) is 0.990. The van der Waals surface area contributed by atoms with Crippen molar-refractivity contribution in [1.29, 1.82) is 0 Å². The molecule has 1 amide bonds. The number of nitrogens with two attached hydrogens (primary N) is 1. The Hall–Kier alpha value is -1.91. The number of benzene rings is 1. The van der Waals surface area contributed by atoms with Gasteiger partial charge >= 0.3 is 0 Å². The van der Waals surface area contributed by atoms with E-state index in [9.17, 15) is 4.79 Å². The number of carbonyl (C=O) groups is 1. The van der Waals surface area contributed by atoms with Gasteiger partial charge < -0.3 is 21.1 Å². The number of rotatable bonds is 6. The van der Waals surface area contributed by atoms with E-state index in [1.807, 2.05) is 26.0 Å². The van der Waals surface area contributed by atoms with Crippen LogP contribution in [0.5, 0.6) is 5.75 Å². The van der Waals surface area contributed by atoms with Crippen LogP contribution in [0.1, 0.15) is 13.8 Å². The average Bonchev–Trinajstić information content (AvgIpc) is 2.35. The van der Waals surface area contributed by atoms with Crippen molar-refractivity contribution in [1.82, 2.24) is 5.32 Å². The zero-order chi connectivity index (χ0) is 13.5. The molecule has 1 rings (SSSR count). The third-order valence-electron chi connectivity index (χ3n) is 2.43. The summed E-state index contributed by atoms with van der Waals surface area (Å²) < 4.78 is 5.11. The van der Waals surface area contributed by atoms with E-state index in [2.05, 4.69) is 10.6 Å². The van der Waals surface area contributed by atoms with E-state index in [1.54, 1.807) is 13.2 Å². The summed E-state index contributed by atoms with van der Waals surface area (Å²) >= 11 is 0. The molecule has 18 heavy (non-hydrogen) atoms. The van der Waals surface area contributed by atoms with Crippen LogP contribution in [-0.2, 0) is 4.79 Å². The first-order valence-corrected chi connectivity index (χ1v) is 5.97. The number of methoxy groups -OCH3 is 1. The van der Waals surface area contributed by atoms with Gasteiger partial charge in [0, 0.05) is 6.54 Å². The van der Waals surface area contributed by atoms with Gasteiger partial charge in [-0.25, -0.2) is 0 Å². The average molecular weight is 251 g/mol. The number of para-hydroxylation sites is 1. The number of hydrogen-bond acceptors (Lipinski definition) is 4. The van der Waals surface area contributed by atoms with Crippen molar-refractivity contribution in [3.8, 4) is 5.75 Å². The SMILES string of the molecule is COc1cccc(NCC(=O)NCC(C)C)c1N. The van der Waals surface area contributed by atoms with Gasteiger partial charge in [-0.3, -0.25) is 4.79 Å². The van der Waals surface area contributed by atoms with Crippen LogP contribution in [0.4, 0.5) is 11.4 Å². The maximum Gasteiger partial charge on any atom is 0.239 e. The standard InChI is InChI=1S/C13H21N3O2/c1-9(2)7-16-12(17)8-15-10-5-4-6-11(18-3)13(10)14/h4-6,9,15H,7-8,14H2,1-3H3,(H,16,17). The fourth-order valence-electron chi connectivity index (χ4n) is 1.43. The highest BCUT2D eigenvalue weighted by Crippen LogP contribution is 2.28. The van der Waals surface area contributed by atoms with Crippen LogP contribution in [-0.4, -0.2) is 26.1 Å². The molecule has 100 valence electrons. The highest BCUT2D eigenvalue weighted by atomic mass is 16.5. The van der Waals surface area contributed by atoms with Crippen molar-refractivity contribution < 1.29 is 9.53 Å². The monoisotopic (exact) mass is 251 g/mol. The second kappa shape index (κ2) is 6.74. The maximum absolute atomic E-state index is 11.5. The molecule has 0 aliphatic heterocycles. The Bertz CT molecular complexity index is 405. The predicted molar refractivity (Wildman–Crippen MR) is 73.7 cm³/mol. The number of amides is 1. The summed E-state index contributed by atoms with van der Waals surface area (Å²) in [7, 11) is 1.56. The Kier molecular flexibility index (Phi) is 5.30. The molecule has 0 bridgehead atoms. The highest BCUT2D eigenvalue weighted by molar-refractivity contribution is 5.83. The van der Waals surface area contributed by atoms with Gasteiger partial charge in [-0.1, -0.05) is 19.9 Å². The minimum Gasteiger partial charge on any atom is -0.495 e. The lowest BCUT2D eigenvalue weighted by molar-refractivity contribution is -0.119. The van der Waals surface area contributed by atoms with Crippen molar-refractivity contribution in [2.75, 3.05) is 31.2 Å². The van der Waals surface area contributed by atoms with Gasteiger partial charge in [-0.2, -0.15) is 0 Å². The predicted octanol–water partition coefficient (Wildman–Crippen LogP) is 1.46. The van der Waals surface area contributed by atoms with Gasteiger partial charge in [-0.15, -0.1) is 0 Å². The molecule has 1 aromatic carbocycles. The zero-order valence-electron chi connectivity index (χ0n) is 11.1. The van der Waals surface area contributed by atoms with Gasteiger partial charge in [0.1, 0.15) is 5.75 Å². The number of carbonyl (C=O) groups excluding carboxylic acids is 1. The lowest BCUT2D eigenvalue weighted by atomic mass is 10.2. The maximum atomic E-state index is 11.5. The summed E-state index contributed by atoms with van der Waals surface area (Å²) in [5, 5.41) is 5.82. The first kappa shape index (κ1) is 14.2. The van der Waals surface area contributed by atoms with Crippen molar-refractivity contribution in [2.45, 2.75) is 13.8 Å². The smallest absolute Gasteiger partial charge is 0.239 e. The third-order valence-corrected chi connectivity index (χ3v) is 2.43. The third kappa shape index (κ3) is 4.16. The molecule has 0 fully saturated rings. The number of nitrogens with one attached hydrogen (secondary N) is 2. The number of ether oxygens (including phenoxy) is 1. The quantitative estimate of drug-likeness (QED) is 0.669. The molecule has 0 spiro atoms.